The molecule has 0 unspecified atom stereocenters. The summed E-state index contributed by atoms with van der Waals surface area (Å²) in [5, 5.41) is 21.1. The van der Waals surface area contributed by atoms with Gasteiger partial charge in [0.15, 0.2) is 0 Å². The minimum absolute atomic E-state index is 0.320. The summed E-state index contributed by atoms with van der Waals surface area (Å²) in [6, 6.07) is 5.23. The number of hydrogen-bond acceptors (Lipinski definition) is 4. The third kappa shape index (κ3) is 2.53. The Hall–Kier alpha value is -2.09. The highest BCUT2D eigenvalue weighted by atomic mass is 16.4. The van der Waals surface area contributed by atoms with Crippen molar-refractivity contribution in [1.82, 2.24) is 4.98 Å². The highest BCUT2D eigenvalue weighted by molar-refractivity contribution is 5.82. The van der Waals surface area contributed by atoms with Gasteiger partial charge >= 0.3 is 5.97 Å². The van der Waals surface area contributed by atoms with Crippen molar-refractivity contribution in [2.75, 3.05) is 5.32 Å². The van der Waals surface area contributed by atoms with Gasteiger partial charge in [0.1, 0.15) is 17.4 Å². The lowest BCUT2D eigenvalue weighted by Gasteiger charge is -2.28. The van der Waals surface area contributed by atoms with Crippen molar-refractivity contribution >= 4 is 11.8 Å². The van der Waals surface area contributed by atoms with Gasteiger partial charge in [-0.25, -0.2) is 9.78 Å². The van der Waals surface area contributed by atoms with Crippen molar-refractivity contribution in [3.05, 3.63) is 23.9 Å². The molecular weight excluding hydrogens is 218 g/mol. The van der Waals surface area contributed by atoms with E-state index in [9.17, 15) is 9.90 Å². The van der Waals surface area contributed by atoms with E-state index in [0.717, 1.165) is 0 Å². The molecule has 0 amide bonds. The first kappa shape index (κ1) is 13.0. The second kappa shape index (κ2) is 5.30. The van der Waals surface area contributed by atoms with Crippen LogP contribution in [0.3, 0.4) is 0 Å². The molecule has 5 nitrogen and oxygen atoms in total. The summed E-state index contributed by atoms with van der Waals surface area (Å²) < 4.78 is 0. The summed E-state index contributed by atoms with van der Waals surface area (Å²) in [5.41, 5.74) is -0.722. The standard InChI is InChI=1S/C12H15N3O2/c1-3-12(4-2,11(16)17)15-10-9(8-13)6-5-7-14-10/h5-7H,3-4H2,1-2H3,(H,14,15)(H,16,17). The fourth-order valence-corrected chi connectivity index (χ4v) is 1.60. The summed E-state index contributed by atoms with van der Waals surface area (Å²) >= 11 is 0. The van der Waals surface area contributed by atoms with Crippen LogP contribution in [0.1, 0.15) is 32.3 Å². The summed E-state index contributed by atoms with van der Waals surface area (Å²) in [6.45, 7) is 3.58. The van der Waals surface area contributed by atoms with Crippen LogP contribution in [-0.4, -0.2) is 21.6 Å². The van der Waals surface area contributed by atoms with E-state index < -0.39 is 11.5 Å². The van der Waals surface area contributed by atoms with Gasteiger partial charge in [-0.2, -0.15) is 5.26 Å². The van der Waals surface area contributed by atoms with Crippen LogP contribution in [0.4, 0.5) is 5.82 Å². The zero-order valence-electron chi connectivity index (χ0n) is 9.90. The van der Waals surface area contributed by atoms with Gasteiger partial charge in [0.2, 0.25) is 0 Å². The number of anilines is 1. The number of nitriles is 1. The molecular formula is C12H15N3O2. The molecule has 0 spiro atoms. The van der Waals surface area contributed by atoms with Gasteiger partial charge < -0.3 is 10.4 Å². The Labute approximate surface area is 100 Å². The first-order chi connectivity index (χ1) is 8.09. The van der Waals surface area contributed by atoms with E-state index in [4.69, 9.17) is 5.26 Å². The Morgan fingerprint density at radius 3 is 2.71 bits per heavy atom. The molecule has 1 aromatic heterocycles. The number of nitrogens with one attached hydrogen (secondary N) is 1. The number of carbonyl (C=O) groups is 1. The zero-order valence-corrected chi connectivity index (χ0v) is 9.90. The minimum Gasteiger partial charge on any atom is -0.480 e. The molecule has 1 heterocycles. The molecule has 0 saturated heterocycles. The number of pyridine rings is 1. The molecule has 1 rings (SSSR count). The van der Waals surface area contributed by atoms with Crippen molar-refractivity contribution in [2.24, 2.45) is 0 Å². The van der Waals surface area contributed by atoms with Crippen LogP contribution in [0, 0.1) is 11.3 Å². The summed E-state index contributed by atoms with van der Waals surface area (Å²) in [6.07, 6.45) is 2.36. The molecule has 0 aliphatic heterocycles. The number of rotatable bonds is 5. The van der Waals surface area contributed by atoms with Crippen LogP contribution < -0.4 is 5.32 Å². The predicted octanol–water partition coefficient (Wildman–Crippen LogP) is 2.01. The zero-order chi connectivity index (χ0) is 12.9. The third-order valence-electron chi connectivity index (χ3n) is 2.90. The molecule has 0 aliphatic carbocycles. The molecule has 0 bridgehead atoms. The molecule has 0 saturated carbocycles. The van der Waals surface area contributed by atoms with Crippen molar-refractivity contribution < 1.29 is 9.90 Å². The molecule has 5 heteroatoms. The molecule has 0 atom stereocenters. The second-order valence-electron chi connectivity index (χ2n) is 3.73. The van der Waals surface area contributed by atoms with Crippen molar-refractivity contribution in [3.8, 4) is 6.07 Å². The molecule has 2 N–H and O–H groups in total. The average molecular weight is 233 g/mol. The first-order valence-corrected chi connectivity index (χ1v) is 5.46. The highest BCUT2D eigenvalue weighted by Gasteiger charge is 2.35. The first-order valence-electron chi connectivity index (χ1n) is 5.46. The van der Waals surface area contributed by atoms with Crippen LogP contribution in [0.15, 0.2) is 18.3 Å². The Bertz CT molecular complexity index is 447. The van der Waals surface area contributed by atoms with Crippen LogP contribution in [-0.2, 0) is 4.79 Å². The van der Waals surface area contributed by atoms with Crippen molar-refractivity contribution in [3.63, 3.8) is 0 Å². The van der Waals surface area contributed by atoms with Gasteiger partial charge in [0, 0.05) is 6.20 Å². The lowest BCUT2D eigenvalue weighted by molar-refractivity contribution is -0.142. The van der Waals surface area contributed by atoms with Crippen LogP contribution in [0.5, 0.6) is 0 Å². The highest BCUT2D eigenvalue weighted by Crippen LogP contribution is 2.23. The molecule has 0 aliphatic rings. The average Bonchev–Trinajstić information content (AvgIpc) is 2.36. The van der Waals surface area contributed by atoms with Crippen LogP contribution in [0.2, 0.25) is 0 Å². The van der Waals surface area contributed by atoms with E-state index in [2.05, 4.69) is 10.3 Å². The molecule has 17 heavy (non-hydrogen) atoms. The second-order valence-corrected chi connectivity index (χ2v) is 3.73. The van der Waals surface area contributed by atoms with E-state index >= 15 is 0 Å². The van der Waals surface area contributed by atoms with Gasteiger partial charge in [0.25, 0.3) is 0 Å². The summed E-state index contributed by atoms with van der Waals surface area (Å²) in [5.74, 6) is -0.613. The number of aromatic nitrogens is 1. The van der Waals surface area contributed by atoms with Gasteiger partial charge in [-0.1, -0.05) is 13.8 Å². The molecule has 0 radical (unpaired) electrons. The molecule has 0 fully saturated rings. The van der Waals surface area contributed by atoms with E-state index in [0.29, 0.717) is 24.2 Å². The summed E-state index contributed by atoms with van der Waals surface area (Å²) in [4.78, 5) is 15.3. The minimum atomic E-state index is -1.07. The molecule has 1 aromatic rings. The lowest BCUT2D eigenvalue weighted by Crippen LogP contribution is -2.45. The van der Waals surface area contributed by atoms with Crippen molar-refractivity contribution in [1.29, 1.82) is 5.26 Å². The van der Waals surface area contributed by atoms with Gasteiger partial charge in [0.05, 0.1) is 5.56 Å². The SMILES string of the molecule is CCC(CC)(Nc1ncccc1C#N)C(=O)O. The fourth-order valence-electron chi connectivity index (χ4n) is 1.60. The predicted molar refractivity (Wildman–Crippen MR) is 63.5 cm³/mol. The van der Waals surface area contributed by atoms with E-state index in [1.165, 1.54) is 6.20 Å². The Morgan fingerprint density at radius 1 is 1.59 bits per heavy atom. The Morgan fingerprint density at radius 2 is 2.24 bits per heavy atom. The van der Waals surface area contributed by atoms with Crippen molar-refractivity contribution in [2.45, 2.75) is 32.2 Å². The van der Waals surface area contributed by atoms with Crippen LogP contribution in [0.25, 0.3) is 0 Å². The number of nitrogens with zero attached hydrogens (tertiary/aromatic N) is 2. The fraction of sp³-hybridized carbons (Fsp3) is 0.417. The topological polar surface area (TPSA) is 86.0 Å². The normalized spacial score (nSPS) is 10.6. The van der Waals surface area contributed by atoms with Gasteiger partial charge in [-0.15, -0.1) is 0 Å². The van der Waals surface area contributed by atoms with Crippen LogP contribution >= 0.6 is 0 Å². The maximum absolute atomic E-state index is 11.3. The Kier molecular flexibility index (Phi) is 4.05. The van der Waals surface area contributed by atoms with E-state index in [1.807, 2.05) is 6.07 Å². The third-order valence-corrected chi connectivity index (χ3v) is 2.90. The monoisotopic (exact) mass is 233 g/mol. The number of hydrogen-bond donors (Lipinski definition) is 2. The van der Waals surface area contributed by atoms with Gasteiger partial charge in [-0.3, -0.25) is 0 Å². The maximum Gasteiger partial charge on any atom is 0.329 e. The quantitative estimate of drug-likeness (QED) is 0.812. The van der Waals surface area contributed by atoms with Gasteiger partial charge in [-0.05, 0) is 25.0 Å². The molecule has 90 valence electrons. The summed E-state index contributed by atoms with van der Waals surface area (Å²) in [7, 11) is 0. The Balaban J connectivity index is 3.11. The number of carboxylic acid groups (broad SMARTS) is 1. The molecule has 0 aromatic carbocycles. The lowest BCUT2D eigenvalue weighted by atomic mass is 9.92. The van der Waals surface area contributed by atoms with E-state index in [1.54, 1.807) is 26.0 Å². The number of aliphatic carboxylic acids is 1. The van der Waals surface area contributed by atoms with E-state index in [-0.39, 0.29) is 0 Å². The number of carboxylic acids is 1. The largest absolute Gasteiger partial charge is 0.480 e. The maximum atomic E-state index is 11.3. The smallest absolute Gasteiger partial charge is 0.329 e.